The Morgan fingerprint density at radius 2 is 2.03 bits per heavy atom. The summed E-state index contributed by atoms with van der Waals surface area (Å²) in [4.78, 5) is 9.28. The number of benzene rings is 2. The number of likely N-dealkylation sites (N-methyl/N-ethyl adjacent to an activating group) is 2. The number of aryl methyl sites for hydroxylation is 3. The molecule has 1 aliphatic rings. The molecule has 0 amide bonds. The van der Waals surface area contributed by atoms with Gasteiger partial charge in [-0.3, -0.25) is 0 Å². The molecule has 0 aliphatic carbocycles. The van der Waals surface area contributed by atoms with Gasteiger partial charge in [0.2, 0.25) is 0 Å². The molecule has 37 heavy (non-hydrogen) atoms. The summed E-state index contributed by atoms with van der Waals surface area (Å²) in [7, 11) is 6.23. The van der Waals surface area contributed by atoms with Gasteiger partial charge in [-0.1, -0.05) is 49.4 Å². The van der Waals surface area contributed by atoms with Gasteiger partial charge >= 0.3 is 0 Å². The maximum atomic E-state index is 6.74. The number of hydrogen-bond acceptors (Lipinski definition) is 5. The van der Waals surface area contributed by atoms with E-state index in [1.807, 2.05) is 19.1 Å². The standard InChI is InChI=1S/C30H39ClN6/c1-7-21-17-28(36(6)16-15-35(4)5)26(32)18-27(21)33-20(3)34-29(25(31)8-2)24-19-37-14-10-12-22-11-9-13-23(24)30(22)37/h8-9,11,13,17-19,33H,3,7,10,12,14-16,32H2,1-2,4-6H3/b25-8+,34-29-. The molecule has 3 N–H and O–H groups in total. The summed E-state index contributed by atoms with van der Waals surface area (Å²) in [5.41, 5.74) is 14.7. The van der Waals surface area contributed by atoms with Crippen molar-refractivity contribution in [2.75, 3.05) is 50.2 Å². The number of nitrogens with one attached hydrogen (secondary N) is 1. The van der Waals surface area contributed by atoms with Crippen LogP contribution in [-0.2, 0) is 19.4 Å². The third-order valence-corrected chi connectivity index (χ3v) is 7.41. The van der Waals surface area contributed by atoms with E-state index in [9.17, 15) is 0 Å². The van der Waals surface area contributed by atoms with Gasteiger partial charge in [0.25, 0.3) is 0 Å². The summed E-state index contributed by atoms with van der Waals surface area (Å²) >= 11 is 6.74. The molecule has 0 saturated heterocycles. The van der Waals surface area contributed by atoms with Crippen molar-refractivity contribution in [3.8, 4) is 0 Å². The van der Waals surface area contributed by atoms with Crippen molar-refractivity contribution in [1.29, 1.82) is 0 Å². The van der Waals surface area contributed by atoms with Crippen molar-refractivity contribution in [1.82, 2.24) is 9.47 Å². The first-order chi connectivity index (χ1) is 17.7. The highest BCUT2D eigenvalue weighted by molar-refractivity contribution is 6.47. The van der Waals surface area contributed by atoms with Gasteiger partial charge in [-0.05, 0) is 63.5 Å². The number of para-hydroxylation sites is 1. The van der Waals surface area contributed by atoms with Crippen LogP contribution >= 0.6 is 11.6 Å². The molecule has 0 unspecified atom stereocenters. The zero-order chi connectivity index (χ0) is 26.7. The second-order valence-corrected chi connectivity index (χ2v) is 10.4. The van der Waals surface area contributed by atoms with Crippen molar-refractivity contribution in [2.24, 2.45) is 4.99 Å². The van der Waals surface area contributed by atoms with Crippen molar-refractivity contribution < 1.29 is 0 Å². The molecular formula is C30H39ClN6. The van der Waals surface area contributed by atoms with Crippen LogP contribution in [0.1, 0.15) is 37.0 Å². The Labute approximate surface area is 226 Å². The number of nitrogens with zero attached hydrogens (tertiary/aromatic N) is 4. The van der Waals surface area contributed by atoms with Crippen LogP contribution in [0, 0.1) is 0 Å². The van der Waals surface area contributed by atoms with Crippen LogP contribution in [0.5, 0.6) is 0 Å². The summed E-state index contributed by atoms with van der Waals surface area (Å²) in [6.45, 7) is 11.2. The second kappa shape index (κ2) is 11.4. The van der Waals surface area contributed by atoms with E-state index in [2.05, 4.69) is 84.8 Å². The van der Waals surface area contributed by atoms with E-state index in [0.29, 0.717) is 10.9 Å². The number of rotatable bonds is 10. The maximum Gasteiger partial charge on any atom is 0.123 e. The Bertz CT molecular complexity index is 1360. The Morgan fingerprint density at radius 3 is 2.73 bits per heavy atom. The molecule has 0 bridgehead atoms. The SMILES string of the molecule is C=C(/N=C(\C(Cl)=C/C)c1cn2c3c(cccc13)CCC2)Nc1cc(N)c(N(C)CCN(C)C)cc1CC. The highest BCUT2D eigenvalue weighted by Crippen LogP contribution is 2.33. The number of anilines is 3. The number of nitrogens with two attached hydrogens (primary N) is 1. The quantitative estimate of drug-likeness (QED) is 0.246. The van der Waals surface area contributed by atoms with E-state index in [0.717, 1.165) is 72.8 Å². The van der Waals surface area contributed by atoms with Crippen molar-refractivity contribution in [2.45, 2.75) is 39.7 Å². The Balaban J connectivity index is 1.67. The van der Waals surface area contributed by atoms with Gasteiger partial charge in [0.15, 0.2) is 0 Å². The molecular weight excluding hydrogens is 480 g/mol. The van der Waals surface area contributed by atoms with E-state index in [-0.39, 0.29) is 0 Å². The largest absolute Gasteiger partial charge is 0.397 e. The molecule has 0 saturated carbocycles. The fourth-order valence-electron chi connectivity index (χ4n) is 5.00. The highest BCUT2D eigenvalue weighted by atomic mass is 35.5. The predicted octanol–water partition coefficient (Wildman–Crippen LogP) is 6.24. The van der Waals surface area contributed by atoms with Crippen LogP contribution in [0.4, 0.5) is 17.1 Å². The third kappa shape index (κ3) is 5.71. The molecule has 2 aromatic carbocycles. The fourth-order valence-corrected chi connectivity index (χ4v) is 5.14. The summed E-state index contributed by atoms with van der Waals surface area (Å²) < 4.78 is 2.33. The van der Waals surface area contributed by atoms with Gasteiger partial charge in [-0.15, -0.1) is 0 Å². The lowest BCUT2D eigenvalue weighted by molar-refractivity contribution is 0.416. The summed E-state index contributed by atoms with van der Waals surface area (Å²) in [6.07, 6.45) is 7.15. The van der Waals surface area contributed by atoms with Crippen molar-refractivity contribution in [3.05, 3.63) is 76.7 Å². The van der Waals surface area contributed by atoms with Crippen LogP contribution in [0.2, 0.25) is 0 Å². The van der Waals surface area contributed by atoms with Gasteiger partial charge in [-0.2, -0.15) is 0 Å². The summed E-state index contributed by atoms with van der Waals surface area (Å²) in [5, 5.41) is 5.18. The van der Waals surface area contributed by atoms with Crippen LogP contribution in [0.15, 0.2) is 65.0 Å². The van der Waals surface area contributed by atoms with Gasteiger partial charge in [0, 0.05) is 49.5 Å². The predicted molar refractivity (Wildman–Crippen MR) is 161 cm³/mol. The molecule has 1 aliphatic heterocycles. The van der Waals surface area contributed by atoms with Crippen LogP contribution in [0.25, 0.3) is 10.9 Å². The zero-order valence-corrected chi connectivity index (χ0v) is 23.5. The number of aliphatic imine (C=N–C) groups is 1. The van der Waals surface area contributed by atoms with Crippen LogP contribution in [-0.4, -0.2) is 49.4 Å². The second-order valence-electron chi connectivity index (χ2n) is 9.97. The van der Waals surface area contributed by atoms with E-state index in [1.54, 1.807) is 0 Å². The molecule has 0 spiro atoms. The Morgan fingerprint density at radius 1 is 1.24 bits per heavy atom. The number of nitrogen functional groups attached to an aromatic ring is 1. The van der Waals surface area contributed by atoms with Gasteiger partial charge in [0.1, 0.15) is 5.82 Å². The Kier molecular flexibility index (Phi) is 8.30. The maximum absolute atomic E-state index is 6.74. The lowest BCUT2D eigenvalue weighted by Crippen LogP contribution is -2.29. The lowest BCUT2D eigenvalue weighted by atomic mass is 10.0. The van der Waals surface area contributed by atoms with Crippen LogP contribution in [0.3, 0.4) is 0 Å². The highest BCUT2D eigenvalue weighted by Gasteiger charge is 2.20. The molecule has 2 heterocycles. The summed E-state index contributed by atoms with van der Waals surface area (Å²) in [5.74, 6) is 0.518. The molecule has 4 rings (SSSR count). The smallest absolute Gasteiger partial charge is 0.123 e. The molecule has 1 aromatic heterocycles. The molecule has 0 fully saturated rings. The van der Waals surface area contributed by atoms with Crippen LogP contribution < -0.4 is 16.0 Å². The number of hydrogen-bond donors (Lipinski definition) is 2. The van der Waals surface area contributed by atoms with Crippen molar-refractivity contribution >= 4 is 45.3 Å². The molecule has 6 nitrogen and oxygen atoms in total. The minimum absolute atomic E-state index is 0.518. The average molecular weight is 519 g/mol. The van der Waals surface area contributed by atoms with Gasteiger partial charge < -0.3 is 25.4 Å². The molecule has 196 valence electrons. The first-order valence-electron chi connectivity index (χ1n) is 13.0. The fraction of sp³-hybridized carbons (Fsp3) is 0.367. The minimum atomic E-state index is 0.518. The number of halogens is 1. The van der Waals surface area contributed by atoms with E-state index in [4.69, 9.17) is 22.3 Å². The topological polar surface area (TPSA) is 61.8 Å². The zero-order valence-electron chi connectivity index (χ0n) is 22.7. The monoisotopic (exact) mass is 518 g/mol. The molecule has 3 aromatic rings. The van der Waals surface area contributed by atoms with E-state index < -0.39 is 0 Å². The van der Waals surface area contributed by atoms with Gasteiger partial charge in [0.05, 0.1) is 27.6 Å². The van der Waals surface area contributed by atoms with Gasteiger partial charge in [-0.25, -0.2) is 4.99 Å². The Hall–Kier alpha value is -3.22. The number of aromatic nitrogens is 1. The first-order valence-corrected chi connectivity index (χ1v) is 13.4. The molecule has 0 radical (unpaired) electrons. The lowest BCUT2D eigenvalue weighted by Gasteiger charge is -2.25. The molecule has 0 atom stereocenters. The van der Waals surface area contributed by atoms with E-state index >= 15 is 0 Å². The average Bonchev–Trinajstić information content (AvgIpc) is 3.25. The summed E-state index contributed by atoms with van der Waals surface area (Å²) in [6, 6.07) is 10.6. The normalized spacial score (nSPS) is 13.9. The minimum Gasteiger partial charge on any atom is -0.397 e. The first kappa shape index (κ1) is 26.8. The third-order valence-electron chi connectivity index (χ3n) is 7.01. The van der Waals surface area contributed by atoms with E-state index in [1.165, 1.54) is 16.5 Å². The molecule has 7 heteroatoms. The van der Waals surface area contributed by atoms with Crippen molar-refractivity contribution in [3.63, 3.8) is 0 Å². The number of allylic oxidation sites excluding steroid dienone is 2.